The molecule has 1 aliphatic rings. The van der Waals surface area contributed by atoms with Crippen LogP contribution in [-0.2, 0) is 6.54 Å². The number of hydrogen-bond acceptors (Lipinski definition) is 3. The summed E-state index contributed by atoms with van der Waals surface area (Å²) < 4.78 is 2.19. The van der Waals surface area contributed by atoms with Gasteiger partial charge in [0.25, 0.3) is 0 Å². The molecule has 1 saturated heterocycles. The zero-order valence-corrected chi connectivity index (χ0v) is 9.61. The van der Waals surface area contributed by atoms with Crippen molar-refractivity contribution in [1.82, 2.24) is 20.0 Å². The number of nitrogens with zero attached hydrogens (tertiary/aromatic N) is 3. The van der Waals surface area contributed by atoms with Gasteiger partial charge in [0, 0.05) is 19.3 Å². The highest BCUT2D eigenvalue weighted by Gasteiger charge is 2.20. The Kier molecular flexibility index (Phi) is 3.38. The van der Waals surface area contributed by atoms with E-state index in [-0.39, 0.29) is 0 Å². The van der Waals surface area contributed by atoms with Gasteiger partial charge in [-0.2, -0.15) is 5.10 Å². The lowest BCUT2D eigenvalue weighted by Gasteiger charge is -2.30. The highest BCUT2D eigenvalue weighted by Crippen LogP contribution is 2.21. The van der Waals surface area contributed by atoms with Crippen molar-refractivity contribution in [2.75, 3.05) is 27.2 Å². The van der Waals surface area contributed by atoms with Crippen molar-refractivity contribution in [3.63, 3.8) is 0 Å². The minimum atomic E-state index is 0.557. The summed E-state index contributed by atoms with van der Waals surface area (Å²) in [7, 11) is 4.16. The molecule has 0 aliphatic carbocycles. The maximum atomic E-state index is 4.44. The summed E-state index contributed by atoms with van der Waals surface area (Å²) in [6.07, 6.45) is 4.43. The number of aromatic nitrogens is 2. The van der Waals surface area contributed by atoms with Crippen LogP contribution in [0.1, 0.15) is 24.6 Å². The molecule has 4 nitrogen and oxygen atoms in total. The quantitative estimate of drug-likeness (QED) is 0.800. The van der Waals surface area contributed by atoms with Crippen molar-refractivity contribution in [2.45, 2.75) is 25.4 Å². The lowest BCUT2D eigenvalue weighted by Crippen LogP contribution is -2.34. The van der Waals surface area contributed by atoms with Crippen molar-refractivity contribution >= 4 is 0 Å². The minimum absolute atomic E-state index is 0.557. The largest absolute Gasteiger partial charge is 0.314 e. The molecule has 1 N–H and O–H groups in total. The van der Waals surface area contributed by atoms with Crippen LogP contribution in [0.25, 0.3) is 0 Å². The Labute approximate surface area is 91.3 Å². The first-order valence-electron chi connectivity index (χ1n) is 5.67. The van der Waals surface area contributed by atoms with E-state index in [1.165, 1.54) is 25.1 Å². The van der Waals surface area contributed by atoms with Gasteiger partial charge in [-0.25, -0.2) is 0 Å². The average molecular weight is 208 g/mol. The third kappa shape index (κ3) is 2.38. The molecule has 0 bridgehead atoms. The van der Waals surface area contributed by atoms with E-state index < -0.39 is 0 Å². The van der Waals surface area contributed by atoms with E-state index in [1.807, 2.05) is 13.2 Å². The Morgan fingerprint density at radius 2 is 2.47 bits per heavy atom. The molecule has 0 spiro atoms. The number of nitrogens with one attached hydrogen (secondary N) is 1. The molecule has 2 rings (SSSR count). The Bertz CT molecular complexity index is 307. The van der Waals surface area contributed by atoms with Gasteiger partial charge in [-0.05, 0) is 39.5 Å². The second kappa shape index (κ2) is 4.77. The van der Waals surface area contributed by atoms with E-state index in [4.69, 9.17) is 0 Å². The molecule has 0 saturated carbocycles. The molecular weight excluding hydrogens is 188 g/mol. The first-order chi connectivity index (χ1) is 7.31. The topological polar surface area (TPSA) is 33.1 Å². The summed E-state index contributed by atoms with van der Waals surface area (Å²) in [5, 5.41) is 7.63. The van der Waals surface area contributed by atoms with E-state index in [1.54, 1.807) is 0 Å². The predicted molar refractivity (Wildman–Crippen MR) is 60.8 cm³/mol. The van der Waals surface area contributed by atoms with Gasteiger partial charge >= 0.3 is 0 Å². The van der Waals surface area contributed by atoms with Crippen LogP contribution in [0.5, 0.6) is 0 Å². The molecule has 4 heteroatoms. The summed E-state index contributed by atoms with van der Waals surface area (Å²) in [5.74, 6) is 0. The Balaban J connectivity index is 2.10. The maximum Gasteiger partial charge on any atom is 0.0650 e. The van der Waals surface area contributed by atoms with Crippen LogP contribution in [0, 0.1) is 0 Å². The Morgan fingerprint density at radius 3 is 3.20 bits per heavy atom. The molecule has 2 heterocycles. The molecule has 84 valence electrons. The summed E-state index contributed by atoms with van der Waals surface area (Å²) in [5.41, 5.74) is 1.29. The number of hydrogen-bond donors (Lipinski definition) is 1. The maximum absolute atomic E-state index is 4.44. The van der Waals surface area contributed by atoms with Crippen LogP contribution in [0.3, 0.4) is 0 Å². The Hall–Kier alpha value is -0.870. The molecule has 0 aromatic carbocycles. The SMILES string of the molecule is CNCc1ccnn1C1CCCN(C)C1. The zero-order chi connectivity index (χ0) is 10.7. The average Bonchev–Trinajstić information content (AvgIpc) is 2.66. The van der Waals surface area contributed by atoms with Crippen LogP contribution in [0.2, 0.25) is 0 Å². The molecule has 1 atom stereocenters. The number of likely N-dealkylation sites (N-methyl/N-ethyl adjacent to an activating group) is 1. The van der Waals surface area contributed by atoms with Crippen molar-refractivity contribution < 1.29 is 0 Å². The monoisotopic (exact) mass is 208 g/mol. The summed E-state index contributed by atoms with van der Waals surface area (Å²) in [6, 6.07) is 2.66. The lowest BCUT2D eigenvalue weighted by molar-refractivity contribution is 0.199. The van der Waals surface area contributed by atoms with Crippen LogP contribution in [0.15, 0.2) is 12.3 Å². The van der Waals surface area contributed by atoms with E-state index in [0.29, 0.717) is 6.04 Å². The molecule has 0 radical (unpaired) electrons. The fourth-order valence-corrected chi connectivity index (χ4v) is 2.33. The van der Waals surface area contributed by atoms with E-state index in [0.717, 1.165) is 13.1 Å². The molecule has 1 aromatic heterocycles. The molecule has 15 heavy (non-hydrogen) atoms. The number of likely N-dealkylation sites (tertiary alicyclic amines) is 1. The third-order valence-corrected chi connectivity index (χ3v) is 3.06. The first-order valence-corrected chi connectivity index (χ1v) is 5.67. The van der Waals surface area contributed by atoms with Gasteiger partial charge in [-0.15, -0.1) is 0 Å². The molecule has 0 amide bonds. The van der Waals surface area contributed by atoms with Gasteiger partial charge in [0.15, 0.2) is 0 Å². The van der Waals surface area contributed by atoms with Gasteiger partial charge in [0.1, 0.15) is 0 Å². The molecule has 1 fully saturated rings. The lowest BCUT2D eigenvalue weighted by atomic mass is 10.1. The third-order valence-electron chi connectivity index (χ3n) is 3.06. The molecule has 1 unspecified atom stereocenters. The molecular formula is C11H20N4. The van der Waals surface area contributed by atoms with E-state index in [9.17, 15) is 0 Å². The van der Waals surface area contributed by atoms with Gasteiger partial charge in [0.2, 0.25) is 0 Å². The van der Waals surface area contributed by atoms with Crippen molar-refractivity contribution in [2.24, 2.45) is 0 Å². The second-order valence-corrected chi connectivity index (χ2v) is 4.36. The smallest absolute Gasteiger partial charge is 0.0650 e. The molecule has 1 aliphatic heterocycles. The summed E-state index contributed by atoms with van der Waals surface area (Å²) in [4.78, 5) is 2.39. The van der Waals surface area contributed by atoms with Crippen LogP contribution >= 0.6 is 0 Å². The fourth-order valence-electron chi connectivity index (χ4n) is 2.33. The Morgan fingerprint density at radius 1 is 1.60 bits per heavy atom. The van der Waals surface area contributed by atoms with Crippen LogP contribution < -0.4 is 5.32 Å². The van der Waals surface area contributed by atoms with E-state index >= 15 is 0 Å². The minimum Gasteiger partial charge on any atom is -0.314 e. The van der Waals surface area contributed by atoms with Crippen molar-refractivity contribution in [1.29, 1.82) is 0 Å². The summed E-state index contributed by atoms with van der Waals surface area (Å²) in [6.45, 7) is 3.25. The van der Waals surface area contributed by atoms with Gasteiger partial charge in [-0.3, -0.25) is 4.68 Å². The predicted octanol–water partition coefficient (Wildman–Crippen LogP) is 0.869. The highest BCUT2D eigenvalue weighted by molar-refractivity contribution is 5.02. The number of rotatable bonds is 3. The summed E-state index contributed by atoms with van der Waals surface area (Å²) >= 11 is 0. The normalized spacial score (nSPS) is 23.2. The van der Waals surface area contributed by atoms with E-state index in [2.05, 4.69) is 33.1 Å². The number of piperidine rings is 1. The van der Waals surface area contributed by atoms with Crippen LogP contribution in [-0.4, -0.2) is 41.9 Å². The highest BCUT2D eigenvalue weighted by atomic mass is 15.3. The van der Waals surface area contributed by atoms with Crippen LogP contribution in [0.4, 0.5) is 0 Å². The van der Waals surface area contributed by atoms with Gasteiger partial charge in [-0.1, -0.05) is 0 Å². The zero-order valence-electron chi connectivity index (χ0n) is 9.61. The van der Waals surface area contributed by atoms with Gasteiger partial charge in [0.05, 0.1) is 11.7 Å². The van der Waals surface area contributed by atoms with Gasteiger partial charge < -0.3 is 10.2 Å². The standard InChI is InChI=1S/C11H20N4/c1-12-8-10-5-6-13-15(10)11-4-3-7-14(2)9-11/h5-6,11-12H,3-4,7-9H2,1-2H3. The molecule has 1 aromatic rings. The first kappa shape index (κ1) is 10.6. The fraction of sp³-hybridized carbons (Fsp3) is 0.727. The second-order valence-electron chi connectivity index (χ2n) is 4.36. The van der Waals surface area contributed by atoms with Crippen molar-refractivity contribution in [3.8, 4) is 0 Å². The van der Waals surface area contributed by atoms with Crippen molar-refractivity contribution in [3.05, 3.63) is 18.0 Å².